The van der Waals surface area contributed by atoms with Gasteiger partial charge in [-0.3, -0.25) is 9.40 Å². The number of aryl methyl sites for hydroxylation is 1. The minimum absolute atomic E-state index is 0.0240. The molecule has 0 fully saturated rings. The van der Waals surface area contributed by atoms with Gasteiger partial charge in [-0.05, 0) is 24.3 Å². The Labute approximate surface area is 132 Å². The normalized spacial score (nSPS) is 12.1. The van der Waals surface area contributed by atoms with Crippen molar-refractivity contribution in [1.82, 2.24) is 9.78 Å². The van der Waals surface area contributed by atoms with Crippen LogP contribution in [-0.2, 0) is 26.9 Å². The highest BCUT2D eigenvalue weighted by molar-refractivity contribution is 7.92. The second-order valence-corrected chi connectivity index (χ2v) is 8.38. The number of nitrogens with one attached hydrogen (secondary N) is 1. The van der Waals surface area contributed by atoms with E-state index >= 15 is 0 Å². The van der Waals surface area contributed by atoms with Gasteiger partial charge in [0.2, 0.25) is 0 Å². The molecule has 0 saturated heterocycles. The molecule has 23 heavy (non-hydrogen) atoms. The number of aromatic carboxylic acids is 1. The Balaban J connectivity index is 2.39. The minimum Gasteiger partial charge on any atom is -0.476 e. The molecule has 2 N–H and O–H groups in total. The lowest BCUT2D eigenvalue weighted by atomic mass is 10.4. The molecule has 11 heteroatoms. The lowest BCUT2D eigenvalue weighted by Gasteiger charge is -2.08. The third-order valence-corrected chi connectivity index (χ3v) is 5.46. The van der Waals surface area contributed by atoms with Gasteiger partial charge in [0.15, 0.2) is 15.5 Å². The van der Waals surface area contributed by atoms with Crippen molar-refractivity contribution < 1.29 is 26.7 Å². The van der Waals surface area contributed by atoms with E-state index in [2.05, 4.69) is 9.82 Å². The number of hydrogen-bond acceptors (Lipinski definition) is 6. The first-order valence-corrected chi connectivity index (χ1v) is 9.48. The van der Waals surface area contributed by atoms with Crippen LogP contribution in [0.4, 0.5) is 5.69 Å². The zero-order valence-electron chi connectivity index (χ0n) is 12.1. The van der Waals surface area contributed by atoms with Gasteiger partial charge in [-0.25, -0.2) is 21.6 Å². The van der Waals surface area contributed by atoms with E-state index in [-0.39, 0.29) is 21.2 Å². The molecule has 0 aliphatic carbocycles. The SMILES string of the molecule is Cn1ncc(NS(=O)(=O)c2ccc(S(C)(=O)=O)cc2)c1C(=O)O. The second kappa shape index (κ2) is 5.66. The van der Waals surface area contributed by atoms with Crippen LogP contribution < -0.4 is 4.72 Å². The van der Waals surface area contributed by atoms with Crippen molar-refractivity contribution in [2.75, 3.05) is 11.0 Å². The van der Waals surface area contributed by atoms with Crippen molar-refractivity contribution in [3.05, 3.63) is 36.2 Å². The Morgan fingerprint density at radius 2 is 1.65 bits per heavy atom. The molecule has 0 amide bonds. The van der Waals surface area contributed by atoms with E-state index in [1.165, 1.54) is 7.05 Å². The van der Waals surface area contributed by atoms with Gasteiger partial charge in [0.05, 0.1) is 16.0 Å². The number of nitrogens with zero attached hydrogens (tertiary/aromatic N) is 2. The number of aromatic nitrogens is 2. The molecule has 1 heterocycles. The van der Waals surface area contributed by atoms with Crippen molar-refractivity contribution in [2.45, 2.75) is 9.79 Å². The fraction of sp³-hybridized carbons (Fsp3) is 0.167. The molecule has 2 rings (SSSR count). The summed E-state index contributed by atoms with van der Waals surface area (Å²) in [6, 6.07) is 4.56. The molecule has 0 atom stereocenters. The standard InChI is InChI=1S/C12H13N3O6S2/c1-15-11(12(16)17)10(7-13-15)14-23(20,21)9-5-3-8(4-6-9)22(2,18)19/h3-7,14H,1-2H3,(H,16,17). The van der Waals surface area contributed by atoms with E-state index in [9.17, 15) is 21.6 Å². The summed E-state index contributed by atoms with van der Waals surface area (Å²) in [5.41, 5.74) is -0.506. The monoisotopic (exact) mass is 359 g/mol. The van der Waals surface area contributed by atoms with Gasteiger partial charge < -0.3 is 5.11 Å². The molecule has 9 nitrogen and oxygen atoms in total. The fourth-order valence-electron chi connectivity index (χ4n) is 1.84. The molecule has 0 aliphatic rings. The molecule has 124 valence electrons. The van der Waals surface area contributed by atoms with E-state index < -0.39 is 25.8 Å². The van der Waals surface area contributed by atoms with Crippen molar-refractivity contribution in [2.24, 2.45) is 7.05 Å². The fourth-order valence-corrected chi connectivity index (χ4v) is 3.52. The van der Waals surface area contributed by atoms with Gasteiger partial charge in [0, 0.05) is 13.3 Å². The highest BCUT2D eigenvalue weighted by Crippen LogP contribution is 2.21. The third-order valence-electron chi connectivity index (χ3n) is 2.95. The van der Waals surface area contributed by atoms with Crippen LogP contribution in [0.5, 0.6) is 0 Å². The van der Waals surface area contributed by atoms with Gasteiger partial charge >= 0.3 is 5.97 Å². The molecule has 0 unspecified atom stereocenters. The largest absolute Gasteiger partial charge is 0.476 e. The van der Waals surface area contributed by atoms with Crippen LogP contribution in [0.1, 0.15) is 10.5 Å². The number of carboxylic acid groups (broad SMARTS) is 1. The van der Waals surface area contributed by atoms with Gasteiger partial charge in [-0.1, -0.05) is 0 Å². The Morgan fingerprint density at radius 1 is 1.13 bits per heavy atom. The maximum Gasteiger partial charge on any atom is 0.356 e. The van der Waals surface area contributed by atoms with Crippen molar-refractivity contribution in [3.63, 3.8) is 0 Å². The zero-order chi connectivity index (χ0) is 17.4. The zero-order valence-corrected chi connectivity index (χ0v) is 13.7. The summed E-state index contributed by atoms with van der Waals surface area (Å²) >= 11 is 0. The summed E-state index contributed by atoms with van der Waals surface area (Å²) in [5.74, 6) is -1.34. The van der Waals surface area contributed by atoms with Crippen molar-refractivity contribution >= 4 is 31.5 Å². The first-order valence-electron chi connectivity index (χ1n) is 6.10. The predicted octanol–water partition coefficient (Wildman–Crippen LogP) is 0.323. The molecule has 0 spiro atoms. The van der Waals surface area contributed by atoms with Crippen LogP contribution >= 0.6 is 0 Å². The summed E-state index contributed by atoms with van der Waals surface area (Å²) in [4.78, 5) is 10.9. The summed E-state index contributed by atoms with van der Waals surface area (Å²) in [5, 5.41) is 12.8. The van der Waals surface area contributed by atoms with Gasteiger partial charge in [-0.15, -0.1) is 0 Å². The number of carbonyl (C=O) groups is 1. The Kier molecular flexibility index (Phi) is 4.18. The number of hydrogen-bond donors (Lipinski definition) is 2. The van der Waals surface area contributed by atoms with E-state index in [0.29, 0.717) is 0 Å². The highest BCUT2D eigenvalue weighted by Gasteiger charge is 2.22. The molecule has 1 aromatic carbocycles. The Hall–Kier alpha value is -2.40. The summed E-state index contributed by atoms with van der Waals surface area (Å²) in [6.07, 6.45) is 2.08. The average molecular weight is 359 g/mol. The van der Waals surface area contributed by atoms with Crippen LogP contribution in [0.25, 0.3) is 0 Å². The Bertz CT molecular complexity index is 959. The highest BCUT2D eigenvalue weighted by atomic mass is 32.2. The summed E-state index contributed by atoms with van der Waals surface area (Å²) < 4.78 is 50.4. The molecule has 0 saturated carbocycles. The number of benzene rings is 1. The second-order valence-electron chi connectivity index (χ2n) is 4.68. The lowest BCUT2D eigenvalue weighted by molar-refractivity contribution is 0.0686. The van der Waals surface area contributed by atoms with E-state index in [4.69, 9.17) is 5.11 Å². The maximum absolute atomic E-state index is 12.3. The van der Waals surface area contributed by atoms with Crippen LogP contribution in [0.3, 0.4) is 0 Å². The quantitative estimate of drug-likeness (QED) is 0.785. The van der Waals surface area contributed by atoms with Gasteiger partial charge in [0.1, 0.15) is 5.69 Å². The topological polar surface area (TPSA) is 135 Å². The van der Waals surface area contributed by atoms with Crippen LogP contribution in [-0.4, -0.2) is 43.9 Å². The maximum atomic E-state index is 12.3. The van der Waals surface area contributed by atoms with Crippen LogP contribution in [0.2, 0.25) is 0 Å². The predicted molar refractivity (Wildman–Crippen MR) is 80.5 cm³/mol. The van der Waals surface area contributed by atoms with Gasteiger partial charge in [-0.2, -0.15) is 5.10 Å². The molecule has 1 aromatic heterocycles. The summed E-state index contributed by atoms with van der Waals surface area (Å²) in [7, 11) is -6.16. The molecule has 0 aliphatic heterocycles. The minimum atomic E-state index is -4.08. The van der Waals surface area contributed by atoms with Crippen molar-refractivity contribution in [3.8, 4) is 0 Å². The average Bonchev–Trinajstić information content (AvgIpc) is 2.78. The number of sulfonamides is 1. The van der Waals surface area contributed by atoms with E-state index in [0.717, 1.165) is 41.4 Å². The number of sulfone groups is 1. The van der Waals surface area contributed by atoms with Gasteiger partial charge in [0.25, 0.3) is 10.0 Å². The van der Waals surface area contributed by atoms with Crippen LogP contribution in [0.15, 0.2) is 40.3 Å². The molecule has 0 bridgehead atoms. The van der Waals surface area contributed by atoms with E-state index in [1.54, 1.807) is 0 Å². The third kappa shape index (κ3) is 3.51. The smallest absolute Gasteiger partial charge is 0.356 e. The summed E-state index contributed by atoms with van der Waals surface area (Å²) in [6.45, 7) is 0. The first kappa shape index (κ1) is 17.0. The first-order chi connectivity index (χ1) is 10.5. The molecular weight excluding hydrogens is 346 g/mol. The van der Waals surface area contributed by atoms with E-state index in [1.807, 2.05) is 0 Å². The number of anilines is 1. The lowest BCUT2D eigenvalue weighted by Crippen LogP contribution is -2.16. The number of carboxylic acids is 1. The number of rotatable bonds is 5. The molecule has 0 radical (unpaired) electrons. The molecule has 2 aromatic rings. The van der Waals surface area contributed by atoms with Crippen LogP contribution in [0, 0.1) is 0 Å². The van der Waals surface area contributed by atoms with Crippen molar-refractivity contribution in [1.29, 1.82) is 0 Å². The Morgan fingerprint density at radius 3 is 2.13 bits per heavy atom. The molecular formula is C12H13N3O6S2.